The van der Waals surface area contributed by atoms with Crippen LogP contribution in [0.25, 0.3) is 43.5 Å². The van der Waals surface area contributed by atoms with Gasteiger partial charge in [0, 0.05) is 0 Å². The highest BCUT2D eigenvalue weighted by molar-refractivity contribution is 7.61. The van der Waals surface area contributed by atoms with Crippen molar-refractivity contribution in [1.82, 2.24) is 0 Å². The van der Waals surface area contributed by atoms with Crippen LogP contribution in [-0.4, -0.2) is 0 Å². The lowest BCUT2D eigenvalue weighted by Gasteiger charge is -2.05. The number of rotatable bonds is 0. The van der Waals surface area contributed by atoms with E-state index in [9.17, 15) is 0 Å². The Balaban J connectivity index is 1.93. The second-order valence-corrected chi connectivity index (χ2v) is 6.77. The molecule has 4 aromatic carbocycles. The molecule has 0 N–H and O–H groups in total. The molecule has 22 heavy (non-hydrogen) atoms. The highest BCUT2D eigenvalue weighted by Crippen LogP contribution is 2.31. The number of fused-ring (bicyclic) bond motifs is 4. The fraction of sp³-hybridized carbons (Fsp3) is 0. The van der Waals surface area contributed by atoms with Gasteiger partial charge >= 0.3 is 0 Å². The molecule has 0 saturated carbocycles. The van der Waals surface area contributed by atoms with Crippen LogP contribution in [0.5, 0.6) is 0 Å². The van der Waals surface area contributed by atoms with E-state index >= 15 is 0 Å². The second kappa shape index (κ2) is 4.60. The van der Waals surface area contributed by atoms with Gasteiger partial charge in [0.25, 0.3) is 0 Å². The number of hydrogen-bond acceptors (Lipinski definition) is 4. The molecule has 0 saturated heterocycles. The van der Waals surface area contributed by atoms with Gasteiger partial charge in [-0.25, -0.2) is 0 Å². The summed E-state index contributed by atoms with van der Waals surface area (Å²) in [6.45, 7) is 0. The van der Waals surface area contributed by atoms with Gasteiger partial charge in [-0.2, -0.15) is 0 Å². The van der Waals surface area contributed by atoms with Crippen LogP contribution in [0, 0.1) is 0 Å². The van der Waals surface area contributed by atoms with Gasteiger partial charge < -0.3 is 7.70 Å². The third kappa shape index (κ3) is 1.85. The molecule has 0 atom stereocenters. The Bertz CT molecular complexity index is 1000. The summed E-state index contributed by atoms with van der Waals surface area (Å²) in [6.07, 6.45) is 0. The van der Waals surface area contributed by atoms with Crippen LogP contribution in [0.3, 0.4) is 0 Å². The minimum atomic E-state index is 0.788. The van der Waals surface area contributed by atoms with E-state index in [1.54, 1.807) is 0 Å². The molecule has 0 spiro atoms. The maximum atomic E-state index is 5.57. The largest absolute Gasteiger partial charge is 0.386 e. The van der Waals surface area contributed by atoms with Gasteiger partial charge in [-0.3, -0.25) is 0 Å². The topological polar surface area (TPSA) is 26.3 Å². The molecular weight excluding hydrogens is 312 g/mol. The Hall–Kier alpha value is -2.30. The maximum Gasteiger partial charge on any atom is 0.189 e. The molecule has 0 fully saturated rings. The first-order valence-corrected chi connectivity index (χ1v) is 8.95. The molecule has 0 aliphatic heterocycles. The molecule has 0 aliphatic carbocycles. The van der Waals surface area contributed by atoms with E-state index in [1.807, 2.05) is 12.1 Å². The summed E-state index contributed by atoms with van der Waals surface area (Å²) in [4.78, 5) is 0. The van der Waals surface area contributed by atoms with Crippen molar-refractivity contribution in [2.24, 2.45) is 0 Å². The summed E-state index contributed by atoms with van der Waals surface area (Å²) in [5.41, 5.74) is 1.58. The van der Waals surface area contributed by atoms with E-state index in [1.165, 1.54) is 42.8 Å². The normalized spacial score (nSPS) is 11.6. The van der Waals surface area contributed by atoms with Crippen molar-refractivity contribution in [2.75, 3.05) is 0 Å². The second-order valence-electron chi connectivity index (χ2n) is 5.35. The first kappa shape index (κ1) is 12.3. The van der Waals surface area contributed by atoms with Crippen LogP contribution in [0.1, 0.15) is 0 Å². The molecule has 0 aliphatic rings. The van der Waals surface area contributed by atoms with Crippen molar-refractivity contribution in [2.45, 2.75) is 0 Å². The van der Waals surface area contributed by atoms with Crippen LogP contribution in [0.4, 0.5) is 0 Å². The predicted molar refractivity (Wildman–Crippen MR) is 94.4 cm³/mol. The fourth-order valence-corrected chi connectivity index (χ4v) is 4.00. The molecule has 4 heteroatoms. The zero-order valence-electron chi connectivity index (χ0n) is 11.4. The molecule has 1 heterocycles. The third-order valence-corrected chi connectivity index (χ3v) is 5.12. The highest BCUT2D eigenvalue weighted by Gasteiger charge is 2.05. The summed E-state index contributed by atoms with van der Waals surface area (Å²) in [5, 5.41) is 7.34. The van der Waals surface area contributed by atoms with Crippen LogP contribution >= 0.6 is 21.3 Å². The first-order valence-electron chi connectivity index (χ1n) is 6.95. The molecule has 1 aromatic heterocycles. The van der Waals surface area contributed by atoms with Gasteiger partial charge in [-0.15, -0.1) is 0 Å². The average molecular weight is 322 g/mol. The minimum Gasteiger partial charge on any atom is -0.386 e. The third-order valence-electron chi connectivity index (χ3n) is 4.00. The summed E-state index contributed by atoms with van der Waals surface area (Å²) in [6, 6.07) is 21.5. The molecule has 2 nitrogen and oxygen atoms in total. The Labute approximate surface area is 133 Å². The monoisotopic (exact) mass is 322 g/mol. The standard InChI is InChI=1S/C18H10O2S2/c1-2-4-12-6-14-8-16-10-18-17(19-21-22-20-18)9-15(16)7-13(14)5-11(12)3-1/h1-10H. The maximum absolute atomic E-state index is 5.57. The fourth-order valence-electron chi connectivity index (χ4n) is 2.93. The lowest BCUT2D eigenvalue weighted by atomic mass is 10.00. The quantitative estimate of drug-likeness (QED) is 0.233. The van der Waals surface area contributed by atoms with Crippen LogP contribution in [0.2, 0.25) is 0 Å². The van der Waals surface area contributed by atoms with Crippen LogP contribution in [-0.2, 0) is 0 Å². The van der Waals surface area contributed by atoms with Gasteiger partial charge in [0.15, 0.2) is 11.2 Å². The van der Waals surface area contributed by atoms with Crippen molar-refractivity contribution in [3.05, 3.63) is 60.7 Å². The van der Waals surface area contributed by atoms with E-state index in [4.69, 9.17) is 7.70 Å². The zero-order chi connectivity index (χ0) is 14.5. The molecule has 5 aromatic rings. The first-order chi connectivity index (χ1) is 10.9. The zero-order valence-corrected chi connectivity index (χ0v) is 13.0. The molecule has 106 valence electrons. The Morgan fingerprint density at radius 1 is 0.500 bits per heavy atom. The van der Waals surface area contributed by atoms with Crippen LogP contribution in [0.15, 0.2) is 68.4 Å². The van der Waals surface area contributed by atoms with E-state index in [2.05, 4.69) is 48.5 Å². The Morgan fingerprint density at radius 2 is 0.909 bits per heavy atom. The van der Waals surface area contributed by atoms with Gasteiger partial charge in [0.1, 0.15) is 21.3 Å². The highest BCUT2D eigenvalue weighted by atomic mass is 32.9. The van der Waals surface area contributed by atoms with Crippen molar-refractivity contribution in [3.63, 3.8) is 0 Å². The predicted octanol–water partition coefficient (Wildman–Crippen LogP) is 6.73. The van der Waals surface area contributed by atoms with E-state index in [0.29, 0.717) is 0 Å². The van der Waals surface area contributed by atoms with E-state index in [0.717, 1.165) is 21.9 Å². The molecule has 0 radical (unpaired) electrons. The molecule has 0 bridgehead atoms. The minimum absolute atomic E-state index is 0.788. The lowest BCUT2D eigenvalue weighted by molar-refractivity contribution is 0.691. The smallest absolute Gasteiger partial charge is 0.189 e. The summed E-state index contributed by atoms with van der Waals surface area (Å²) < 4.78 is 11.1. The number of hydrogen-bond donors (Lipinski definition) is 0. The van der Waals surface area contributed by atoms with Gasteiger partial charge in [-0.05, 0) is 68.7 Å². The van der Waals surface area contributed by atoms with Crippen molar-refractivity contribution in [1.29, 1.82) is 0 Å². The Kier molecular flexibility index (Phi) is 2.56. The molecule has 5 rings (SSSR count). The van der Waals surface area contributed by atoms with Crippen LogP contribution < -0.4 is 0 Å². The van der Waals surface area contributed by atoms with Gasteiger partial charge in [-0.1, -0.05) is 24.3 Å². The molecule has 0 amide bonds. The van der Waals surface area contributed by atoms with Crippen molar-refractivity contribution in [3.8, 4) is 0 Å². The average Bonchev–Trinajstić information content (AvgIpc) is 2.56. The summed E-state index contributed by atoms with van der Waals surface area (Å²) in [5.74, 6) is 0. The van der Waals surface area contributed by atoms with E-state index < -0.39 is 0 Å². The SMILES string of the molecule is c1ccc2cc3cc4cc5ossoc5cc4cc3cc2c1. The number of benzene rings is 4. The lowest BCUT2D eigenvalue weighted by Crippen LogP contribution is -1.79. The summed E-state index contributed by atoms with van der Waals surface area (Å²) >= 11 is 0. The summed E-state index contributed by atoms with van der Waals surface area (Å²) in [7, 11) is 2.49. The molecule has 0 unspecified atom stereocenters. The van der Waals surface area contributed by atoms with Gasteiger partial charge in [0.05, 0.1) is 0 Å². The van der Waals surface area contributed by atoms with Gasteiger partial charge in [0.2, 0.25) is 0 Å². The Morgan fingerprint density at radius 3 is 1.41 bits per heavy atom. The van der Waals surface area contributed by atoms with Crippen molar-refractivity contribution < 1.29 is 7.70 Å². The van der Waals surface area contributed by atoms with Crippen molar-refractivity contribution >= 4 is 64.8 Å². The van der Waals surface area contributed by atoms with E-state index in [-0.39, 0.29) is 0 Å². The molecular formula is C18H10O2S2.